The van der Waals surface area contributed by atoms with Gasteiger partial charge in [0.2, 0.25) is 0 Å². The Morgan fingerprint density at radius 3 is 2.11 bits per heavy atom. The molecule has 2 saturated heterocycles. The molecule has 2 rings (SSSR count). The predicted molar refractivity (Wildman–Crippen MR) is 72.6 cm³/mol. The molecule has 0 amide bonds. The van der Waals surface area contributed by atoms with E-state index in [-0.39, 0.29) is 17.3 Å². The molecule has 4 heteroatoms. The van der Waals surface area contributed by atoms with Crippen molar-refractivity contribution < 1.29 is 9.47 Å². The highest BCUT2D eigenvalue weighted by atomic mass is 16.5. The van der Waals surface area contributed by atoms with E-state index in [1.165, 1.54) is 0 Å². The van der Waals surface area contributed by atoms with Gasteiger partial charge >= 0.3 is 0 Å². The van der Waals surface area contributed by atoms with Gasteiger partial charge in [-0.25, -0.2) is 0 Å². The van der Waals surface area contributed by atoms with Gasteiger partial charge in [0, 0.05) is 26.2 Å². The lowest BCUT2D eigenvalue weighted by Gasteiger charge is -2.47. The number of rotatable bonds is 3. The van der Waals surface area contributed by atoms with Gasteiger partial charge in [0.25, 0.3) is 0 Å². The van der Waals surface area contributed by atoms with Crippen LogP contribution >= 0.6 is 0 Å². The molecular weight excluding hydrogens is 228 g/mol. The number of ether oxygens (including phenoxy) is 2. The summed E-state index contributed by atoms with van der Waals surface area (Å²) < 4.78 is 12.0. The summed E-state index contributed by atoms with van der Waals surface area (Å²) in [5.74, 6) is 0. The largest absolute Gasteiger partial charge is 0.372 e. The average molecular weight is 256 g/mol. The highest BCUT2D eigenvalue weighted by Crippen LogP contribution is 2.29. The van der Waals surface area contributed by atoms with Gasteiger partial charge in [-0.1, -0.05) is 0 Å². The molecule has 2 atom stereocenters. The fraction of sp³-hybridized carbons (Fsp3) is 1.00. The first-order chi connectivity index (χ1) is 8.30. The Kier molecular flexibility index (Phi) is 4.02. The van der Waals surface area contributed by atoms with Crippen LogP contribution in [0.5, 0.6) is 0 Å². The van der Waals surface area contributed by atoms with Crippen LogP contribution in [0.15, 0.2) is 0 Å². The lowest BCUT2D eigenvalue weighted by molar-refractivity contribution is -0.184. The minimum Gasteiger partial charge on any atom is -0.372 e. The van der Waals surface area contributed by atoms with E-state index in [1.807, 2.05) is 0 Å². The number of hydrogen-bond donors (Lipinski definition) is 1. The van der Waals surface area contributed by atoms with Gasteiger partial charge in [0.15, 0.2) is 0 Å². The summed E-state index contributed by atoms with van der Waals surface area (Å²) in [7, 11) is 0. The molecule has 0 aromatic rings. The molecule has 2 aliphatic heterocycles. The third-order valence-electron chi connectivity index (χ3n) is 3.68. The van der Waals surface area contributed by atoms with Crippen LogP contribution in [0.25, 0.3) is 0 Å². The molecule has 0 spiro atoms. The van der Waals surface area contributed by atoms with Crippen molar-refractivity contribution in [2.24, 2.45) is 5.73 Å². The molecule has 18 heavy (non-hydrogen) atoms. The molecule has 2 fully saturated rings. The lowest BCUT2D eigenvalue weighted by Crippen LogP contribution is -2.58. The second-order valence-corrected chi connectivity index (χ2v) is 6.98. The van der Waals surface area contributed by atoms with Crippen LogP contribution in [0.3, 0.4) is 0 Å². The van der Waals surface area contributed by atoms with E-state index in [4.69, 9.17) is 15.2 Å². The van der Waals surface area contributed by atoms with E-state index in [0.29, 0.717) is 12.6 Å². The summed E-state index contributed by atoms with van der Waals surface area (Å²) in [6.45, 7) is 12.3. The zero-order valence-electron chi connectivity index (χ0n) is 12.2. The van der Waals surface area contributed by atoms with Crippen molar-refractivity contribution in [2.45, 2.75) is 63.9 Å². The van der Waals surface area contributed by atoms with Gasteiger partial charge in [0.05, 0.1) is 23.4 Å². The maximum atomic E-state index is 6.10. The first-order valence-electron chi connectivity index (χ1n) is 7.08. The molecule has 0 bridgehead atoms. The van der Waals surface area contributed by atoms with Crippen LogP contribution in [0, 0.1) is 0 Å². The van der Waals surface area contributed by atoms with E-state index < -0.39 is 0 Å². The van der Waals surface area contributed by atoms with Crippen LogP contribution in [0.2, 0.25) is 0 Å². The number of nitrogens with two attached hydrogens (primary N) is 1. The number of morpholine rings is 1. The van der Waals surface area contributed by atoms with E-state index >= 15 is 0 Å². The summed E-state index contributed by atoms with van der Waals surface area (Å²) in [6, 6.07) is 0. The summed E-state index contributed by atoms with van der Waals surface area (Å²) in [6.07, 6.45) is 2.87. The van der Waals surface area contributed by atoms with Crippen molar-refractivity contribution in [3.8, 4) is 0 Å². The van der Waals surface area contributed by atoms with E-state index in [2.05, 4.69) is 32.6 Å². The molecule has 106 valence electrons. The summed E-state index contributed by atoms with van der Waals surface area (Å²) >= 11 is 0. The van der Waals surface area contributed by atoms with E-state index in [1.54, 1.807) is 0 Å². The second-order valence-electron chi connectivity index (χ2n) is 6.98. The Labute approximate surface area is 111 Å². The molecule has 2 aliphatic rings. The molecule has 0 aromatic carbocycles. The molecule has 2 unspecified atom stereocenters. The first-order valence-corrected chi connectivity index (χ1v) is 7.08. The first kappa shape index (κ1) is 14.3. The predicted octanol–water partition coefficient (Wildman–Crippen LogP) is 1.38. The molecule has 0 aliphatic carbocycles. The zero-order chi connectivity index (χ0) is 13.4. The Bertz CT molecular complexity index is 276. The van der Waals surface area contributed by atoms with E-state index in [0.717, 1.165) is 32.5 Å². The smallest absolute Gasteiger partial charge is 0.0760 e. The number of hydrogen-bond acceptors (Lipinski definition) is 4. The van der Waals surface area contributed by atoms with Gasteiger partial charge in [0.1, 0.15) is 0 Å². The number of nitrogens with zero attached hydrogens (tertiary/aromatic N) is 1. The summed E-state index contributed by atoms with van der Waals surface area (Å²) in [5.41, 5.74) is 5.51. The Balaban J connectivity index is 1.89. The van der Waals surface area contributed by atoms with Crippen LogP contribution < -0.4 is 5.73 Å². The zero-order valence-corrected chi connectivity index (χ0v) is 12.2. The van der Waals surface area contributed by atoms with Gasteiger partial charge in [-0.2, -0.15) is 0 Å². The highest BCUT2D eigenvalue weighted by molar-refractivity contribution is 4.90. The van der Waals surface area contributed by atoms with Crippen molar-refractivity contribution in [1.29, 1.82) is 0 Å². The molecule has 2 heterocycles. The van der Waals surface area contributed by atoms with Crippen LogP contribution in [0.1, 0.15) is 40.5 Å². The van der Waals surface area contributed by atoms with Gasteiger partial charge in [-0.05, 0) is 40.5 Å². The Morgan fingerprint density at radius 1 is 1.06 bits per heavy atom. The molecule has 2 N–H and O–H groups in total. The van der Waals surface area contributed by atoms with Gasteiger partial charge in [-0.15, -0.1) is 0 Å². The summed E-state index contributed by atoms with van der Waals surface area (Å²) in [4.78, 5) is 2.48. The molecule has 0 aromatic heterocycles. The van der Waals surface area contributed by atoms with E-state index in [9.17, 15) is 0 Å². The maximum absolute atomic E-state index is 6.10. The van der Waals surface area contributed by atoms with Crippen LogP contribution in [0.4, 0.5) is 0 Å². The fourth-order valence-electron chi connectivity index (χ4n) is 3.45. The van der Waals surface area contributed by atoms with Crippen LogP contribution in [-0.4, -0.2) is 54.5 Å². The normalized spacial score (nSPS) is 35.8. The maximum Gasteiger partial charge on any atom is 0.0760 e. The van der Waals surface area contributed by atoms with Crippen molar-refractivity contribution in [3.05, 3.63) is 0 Å². The average Bonchev–Trinajstić information content (AvgIpc) is 2.60. The lowest BCUT2D eigenvalue weighted by atomic mass is 9.98. The SMILES string of the molecule is CC1(C)CN(CC2CCC(CN)O2)CC(C)(C)O1. The molecule has 0 saturated carbocycles. The Hall–Kier alpha value is -0.160. The topological polar surface area (TPSA) is 47.7 Å². The standard InChI is InChI=1S/C14H28N2O2/c1-13(2)9-16(10-14(3,4)18-13)8-12-6-5-11(7-15)17-12/h11-12H,5-10,15H2,1-4H3. The molecule has 0 radical (unpaired) electrons. The third kappa shape index (κ3) is 3.67. The Morgan fingerprint density at radius 2 is 1.61 bits per heavy atom. The van der Waals surface area contributed by atoms with Gasteiger partial charge in [-0.3, -0.25) is 4.90 Å². The quantitative estimate of drug-likeness (QED) is 0.829. The second kappa shape index (κ2) is 5.08. The van der Waals surface area contributed by atoms with Crippen molar-refractivity contribution in [2.75, 3.05) is 26.2 Å². The molecule has 4 nitrogen and oxygen atoms in total. The minimum absolute atomic E-state index is 0.0758. The summed E-state index contributed by atoms with van der Waals surface area (Å²) in [5, 5.41) is 0. The monoisotopic (exact) mass is 256 g/mol. The van der Waals surface area contributed by atoms with Crippen molar-refractivity contribution >= 4 is 0 Å². The van der Waals surface area contributed by atoms with Gasteiger partial charge < -0.3 is 15.2 Å². The van der Waals surface area contributed by atoms with Crippen molar-refractivity contribution in [3.63, 3.8) is 0 Å². The van der Waals surface area contributed by atoms with Crippen molar-refractivity contribution in [1.82, 2.24) is 4.90 Å². The third-order valence-corrected chi connectivity index (χ3v) is 3.68. The fourth-order valence-corrected chi connectivity index (χ4v) is 3.45. The highest BCUT2D eigenvalue weighted by Gasteiger charge is 2.39. The van der Waals surface area contributed by atoms with Crippen LogP contribution in [-0.2, 0) is 9.47 Å². The minimum atomic E-state index is -0.0758. The molecular formula is C14H28N2O2.